The summed E-state index contributed by atoms with van der Waals surface area (Å²) in [6.07, 6.45) is -6.33. The molecule has 2 aliphatic heterocycles. The molecule has 5 aromatic rings. The first-order chi connectivity index (χ1) is 25.0. The second kappa shape index (κ2) is 14.0. The Labute approximate surface area is 291 Å². The number of aliphatic hydroxyl groups excluding tert-OH is 4. The van der Waals surface area contributed by atoms with Crippen molar-refractivity contribution in [2.45, 2.75) is 49.1 Å². The molecule has 270 valence electrons. The number of ether oxygens (including phenoxy) is 3. The van der Waals surface area contributed by atoms with Gasteiger partial charge < -0.3 is 56.5 Å². The minimum Gasteiger partial charge on any atom is -0.478 e. The van der Waals surface area contributed by atoms with Crippen molar-refractivity contribution in [1.29, 1.82) is 0 Å². The molecule has 2 saturated heterocycles. The number of aromatic carboxylic acids is 1. The van der Waals surface area contributed by atoms with Gasteiger partial charge in [-0.1, -0.05) is 18.1 Å². The van der Waals surface area contributed by atoms with Gasteiger partial charge in [0.1, 0.15) is 61.4 Å². The lowest BCUT2D eigenvalue weighted by molar-refractivity contribution is -0.0615. The minimum absolute atomic E-state index is 0.0114. The Morgan fingerprint density at radius 2 is 1.50 bits per heavy atom. The van der Waals surface area contributed by atoms with E-state index in [1.165, 1.54) is 52.4 Å². The second-order valence-electron chi connectivity index (χ2n) is 11.8. The molecule has 7 rings (SSSR count). The van der Waals surface area contributed by atoms with Crippen LogP contribution >= 0.6 is 0 Å². The summed E-state index contributed by atoms with van der Waals surface area (Å²) in [7, 11) is 0. The Morgan fingerprint density at radius 1 is 0.846 bits per heavy atom. The SMILES string of the molecule is Nc1ncnc2c1ncn2[C@@H]1O[C@H](COCC#Cc2nc3c(N)ncnc3n2[C@@H]2O[C@H](CNC(=O)c3ccccc3C(=O)O)[C@@H](O)[C@H]2O)[C@@H](O)[C@H]1O. The lowest BCUT2D eigenvalue weighted by Crippen LogP contribution is -2.40. The Bertz CT molecular complexity index is 2220. The van der Waals surface area contributed by atoms with Crippen molar-refractivity contribution in [1.82, 2.24) is 44.4 Å². The summed E-state index contributed by atoms with van der Waals surface area (Å²) in [5.74, 6) is 3.76. The number of fused-ring (bicyclic) bond motifs is 2. The number of nitrogen functional groups attached to an aromatic ring is 2. The maximum absolute atomic E-state index is 12.8. The third-order valence-electron chi connectivity index (χ3n) is 8.62. The Kier molecular flexibility index (Phi) is 9.34. The van der Waals surface area contributed by atoms with Crippen molar-refractivity contribution >= 4 is 45.8 Å². The van der Waals surface area contributed by atoms with Gasteiger partial charge in [0.2, 0.25) is 0 Å². The third-order valence-corrected chi connectivity index (χ3v) is 8.62. The summed E-state index contributed by atoms with van der Waals surface area (Å²) in [6, 6.07) is 5.62. The summed E-state index contributed by atoms with van der Waals surface area (Å²) in [4.78, 5) is 49.1. The molecule has 8 atom stereocenters. The molecule has 21 heteroatoms. The highest BCUT2D eigenvalue weighted by molar-refractivity contribution is 6.04. The number of carboxylic acids is 1. The number of amides is 1. The number of carbonyl (C=O) groups excluding carboxylic acids is 1. The van der Waals surface area contributed by atoms with Crippen LogP contribution in [-0.4, -0.2) is 133 Å². The van der Waals surface area contributed by atoms with Gasteiger partial charge >= 0.3 is 5.97 Å². The quantitative estimate of drug-likeness (QED) is 0.0580. The van der Waals surface area contributed by atoms with Crippen LogP contribution < -0.4 is 16.8 Å². The van der Waals surface area contributed by atoms with Gasteiger partial charge in [0.05, 0.1) is 24.1 Å². The van der Waals surface area contributed by atoms with Gasteiger partial charge in [-0.15, -0.1) is 0 Å². The van der Waals surface area contributed by atoms with E-state index in [0.717, 1.165) is 0 Å². The van der Waals surface area contributed by atoms with Crippen molar-refractivity contribution in [3.05, 3.63) is 60.2 Å². The molecule has 1 amide bonds. The van der Waals surface area contributed by atoms with E-state index in [4.69, 9.17) is 25.7 Å². The molecular formula is C31H31N11O10. The molecule has 1 aromatic carbocycles. The number of anilines is 2. The molecule has 2 aliphatic rings. The van der Waals surface area contributed by atoms with Crippen LogP contribution in [0, 0.1) is 11.8 Å². The first kappa shape index (κ1) is 34.6. The lowest BCUT2D eigenvalue weighted by Gasteiger charge is -2.18. The average Bonchev–Trinajstić information content (AvgIpc) is 3.88. The van der Waals surface area contributed by atoms with Crippen molar-refractivity contribution in [3.8, 4) is 11.8 Å². The average molecular weight is 718 g/mol. The fraction of sp³-hybridized carbons (Fsp3) is 0.355. The van der Waals surface area contributed by atoms with E-state index in [9.17, 15) is 35.1 Å². The first-order valence-corrected chi connectivity index (χ1v) is 15.7. The molecule has 4 aromatic heterocycles. The van der Waals surface area contributed by atoms with E-state index in [-0.39, 0.29) is 59.5 Å². The van der Waals surface area contributed by atoms with Gasteiger partial charge in [-0.25, -0.2) is 34.7 Å². The largest absolute Gasteiger partial charge is 0.478 e. The normalized spacial score (nSPS) is 25.7. The van der Waals surface area contributed by atoms with Gasteiger partial charge in [-0.05, 0) is 18.1 Å². The monoisotopic (exact) mass is 717 g/mol. The van der Waals surface area contributed by atoms with Crippen LogP contribution in [0.1, 0.15) is 39.0 Å². The number of aliphatic hydroxyl groups is 4. The molecule has 2 fully saturated rings. The Balaban J connectivity index is 1.03. The standard InChI is InChI=1S/C31H31N11O10/c32-24-18-26(37-10-35-24)41(12-39-18)29-22(45)21(44)16(52-29)9-50-7-3-6-17-40-19-25(33)36-11-38-27(19)42(17)30-23(46)20(43)15(51-30)8-34-28(47)13-4-1-2-5-14(13)31(48)49/h1-2,4-5,10-12,15-16,20-23,29-30,43-46H,7-9H2,(H,34,47)(H,48,49)(H2,32,35,37)(H2,33,36,38)/t15-,16-,20-,21-,22-,23-,29-,30-/m1/s1. The maximum atomic E-state index is 12.8. The number of nitrogens with zero attached hydrogens (tertiary/aromatic N) is 8. The predicted molar refractivity (Wildman–Crippen MR) is 175 cm³/mol. The van der Waals surface area contributed by atoms with E-state index in [0.29, 0.717) is 11.2 Å². The molecule has 0 bridgehead atoms. The Hall–Kier alpha value is -5.86. The van der Waals surface area contributed by atoms with Gasteiger partial charge in [0, 0.05) is 6.54 Å². The number of hydrogen-bond donors (Lipinski definition) is 8. The van der Waals surface area contributed by atoms with Gasteiger partial charge in [0.25, 0.3) is 5.91 Å². The van der Waals surface area contributed by atoms with Crippen LogP contribution in [0.3, 0.4) is 0 Å². The van der Waals surface area contributed by atoms with Gasteiger partial charge in [0.15, 0.2) is 46.7 Å². The minimum atomic E-state index is -1.55. The smallest absolute Gasteiger partial charge is 0.336 e. The summed E-state index contributed by atoms with van der Waals surface area (Å²) < 4.78 is 20.2. The van der Waals surface area contributed by atoms with E-state index in [1.54, 1.807) is 0 Å². The molecule has 0 spiro atoms. The second-order valence-corrected chi connectivity index (χ2v) is 11.8. The molecule has 0 saturated carbocycles. The molecule has 21 nitrogen and oxygen atoms in total. The van der Waals surface area contributed by atoms with Gasteiger partial charge in [-0.2, -0.15) is 0 Å². The summed E-state index contributed by atoms with van der Waals surface area (Å²) in [6.45, 7) is -0.648. The summed E-state index contributed by atoms with van der Waals surface area (Å²) >= 11 is 0. The zero-order valence-corrected chi connectivity index (χ0v) is 26.8. The van der Waals surface area contributed by atoms with Crippen molar-refractivity contribution in [2.75, 3.05) is 31.2 Å². The maximum Gasteiger partial charge on any atom is 0.336 e. The predicted octanol–water partition coefficient (Wildman–Crippen LogP) is -2.43. The first-order valence-electron chi connectivity index (χ1n) is 15.7. The van der Waals surface area contributed by atoms with Crippen LogP contribution in [-0.2, 0) is 14.2 Å². The number of carboxylic acid groups (broad SMARTS) is 1. The number of hydrogen-bond acceptors (Lipinski definition) is 17. The van der Waals surface area contributed by atoms with E-state index < -0.39 is 61.0 Å². The molecule has 52 heavy (non-hydrogen) atoms. The summed E-state index contributed by atoms with van der Waals surface area (Å²) in [5, 5.41) is 55.2. The molecule has 0 aliphatic carbocycles. The Morgan fingerprint density at radius 3 is 2.25 bits per heavy atom. The van der Waals surface area contributed by atoms with Crippen LogP contribution in [0.4, 0.5) is 11.6 Å². The number of rotatable bonds is 9. The van der Waals surface area contributed by atoms with Gasteiger partial charge in [-0.3, -0.25) is 13.9 Å². The fourth-order valence-electron chi connectivity index (χ4n) is 6.02. The molecule has 6 heterocycles. The number of benzene rings is 1. The number of nitrogens with one attached hydrogen (secondary N) is 1. The zero-order valence-electron chi connectivity index (χ0n) is 26.8. The molecule has 10 N–H and O–H groups in total. The highest BCUT2D eigenvalue weighted by Gasteiger charge is 2.46. The van der Waals surface area contributed by atoms with E-state index in [2.05, 4.69) is 47.1 Å². The van der Waals surface area contributed by atoms with E-state index in [1.807, 2.05) is 0 Å². The highest BCUT2D eigenvalue weighted by atomic mass is 16.6. The number of imidazole rings is 2. The molecular weight excluding hydrogens is 686 g/mol. The lowest BCUT2D eigenvalue weighted by atomic mass is 10.1. The molecule has 0 unspecified atom stereocenters. The van der Waals surface area contributed by atoms with Crippen molar-refractivity contribution in [2.24, 2.45) is 0 Å². The number of carbonyl (C=O) groups is 2. The van der Waals surface area contributed by atoms with E-state index >= 15 is 0 Å². The van der Waals surface area contributed by atoms with Crippen LogP contribution in [0.5, 0.6) is 0 Å². The van der Waals surface area contributed by atoms with Crippen LogP contribution in [0.2, 0.25) is 0 Å². The fourth-order valence-corrected chi connectivity index (χ4v) is 6.02. The third kappa shape index (κ3) is 6.20. The zero-order chi connectivity index (χ0) is 36.7. The van der Waals surface area contributed by atoms with Crippen LogP contribution in [0.15, 0.2) is 43.2 Å². The van der Waals surface area contributed by atoms with Crippen molar-refractivity contribution in [3.63, 3.8) is 0 Å². The topological polar surface area (TPSA) is 314 Å². The highest BCUT2D eigenvalue weighted by Crippen LogP contribution is 2.34. The van der Waals surface area contributed by atoms with Crippen LogP contribution in [0.25, 0.3) is 22.3 Å². The number of aromatic nitrogens is 8. The van der Waals surface area contributed by atoms with Crippen molar-refractivity contribution < 1.29 is 49.3 Å². The summed E-state index contributed by atoms with van der Waals surface area (Å²) in [5.41, 5.74) is 12.5. The molecule has 0 radical (unpaired) electrons. The number of nitrogens with two attached hydrogens (primary N) is 2.